The van der Waals surface area contributed by atoms with Crippen LogP contribution >= 0.6 is 24.2 Å². The van der Waals surface area contributed by atoms with E-state index in [2.05, 4.69) is 24.0 Å². The SMILES string of the molecule is Cc1ccc(C(C#N)c2cc(C)c(NC(=O)c3ccc(F)c(F)c3S)cc2Cl)cc1. The van der Waals surface area contributed by atoms with Gasteiger partial charge in [0.15, 0.2) is 11.6 Å². The zero-order valence-corrected chi connectivity index (χ0v) is 17.8. The number of hydrogen-bond donors (Lipinski definition) is 2. The minimum atomic E-state index is -1.19. The summed E-state index contributed by atoms with van der Waals surface area (Å²) in [6, 6.07) is 15.2. The summed E-state index contributed by atoms with van der Waals surface area (Å²) in [7, 11) is 0. The molecular formula is C23H17ClF2N2OS. The van der Waals surface area contributed by atoms with E-state index >= 15 is 0 Å². The Hall–Kier alpha value is -2.88. The van der Waals surface area contributed by atoms with Crippen molar-refractivity contribution in [3.63, 3.8) is 0 Å². The monoisotopic (exact) mass is 442 g/mol. The van der Waals surface area contributed by atoms with Crippen molar-refractivity contribution in [3.05, 3.63) is 93.0 Å². The lowest BCUT2D eigenvalue weighted by Crippen LogP contribution is -2.15. The molecule has 0 spiro atoms. The van der Waals surface area contributed by atoms with Crippen LogP contribution in [0.25, 0.3) is 0 Å². The number of amides is 1. The molecule has 1 unspecified atom stereocenters. The fourth-order valence-electron chi connectivity index (χ4n) is 3.06. The maximum Gasteiger partial charge on any atom is 0.256 e. The summed E-state index contributed by atoms with van der Waals surface area (Å²) < 4.78 is 27.0. The van der Waals surface area contributed by atoms with Gasteiger partial charge in [-0.1, -0.05) is 47.5 Å². The second-order valence-electron chi connectivity index (χ2n) is 6.87. The Morgan fingerprint density at radius 3 is 2.43 bits per heavy atom. The molecule has 152 valence electrons. The molecule has 0 saturated heterocycles. The van der Waals surface area contributed by atoms with Crippen molar-refractivity contribution in [1.82, 2.24) is 0 Å². The molecule has 3 aromatic rings. The smallest absolute Gasteiger partial charge is 0.256 e. The Labute approximate surface area is 183 Å². The molecule has 0 bridgehead atoms. The number of benzene rings is 3. The summed E-state index contributed by atoms with van der Waals surface area (Å²) in [5.74, 6) is -3.50. The van der Waals surface area contributed by atoms with Crippen molar-refractivity contribution in [2.24, 2.45) is 0 Å². The molecular weight excluding hydrogens is 426 g/mol. The topological polar surface area (TPSA) is 52.9 Å². The number of thiol groups is 1. The van der Waals surface area contributed by atoms with Crippen LogP contribution in [0.15, 0.2) is 53.4 Å². The molecule has 0 aliphatic rings. The first kappa shape index (κ1) is 21.8. The Kier molecular flexibility index (Phi) is 6.45. The summed E-state index contributed by atoms with van der Waals surface area (Å²) in [4.78, 5) is 12.2. The van der Waals surface area contributed by atoms with Crippen molar-refractivity contribution in [3.8, 4) is 6.07 Å². The van der Waals surface area contributed by atoms with E-state index in [9.17, 15) is 18.8 Å². The summed E-state index contributed by atoms with van der Waals surface area (Å²) >= 11 is 10.3. The first-order chi connectivity index (χ1) is 14.2. The van der Waals surface area contributed by atoms with Crippen molar-refractivity contribution in [2.75, 3.05) is 5.32 Å². The molecule has 3 aromatic carbocycles. The molecule has 0 aromatic heterocycles. The number of nitrogens with zero attached hydrogens (tertiary/aromatic N) is 1. The first-order valence-corrected chi connectivity index (χ1v) is 9.80. The van der Waals surface area contributed by atoms with Crippen LogP contribution in [0.5, 0.6) is 0 Å². The van der Waals surface area contributed by atoms with Crippen molar-refractivity contribution in [2.45, 2.75) is 24.7 Å². The molecule has 30 heavy (non-hydrogen) atoms. The van der Waals surface area contributed by atoms with Gasteiger partial charge in [0.05, 0.1) is 22.4 Å². The Bertz CT molecular complexity index is 1170. The highest BCUT2D eigenvalue weighted by Gasteiger charge is 2.20. The lowest BCUT2D eigenvalue weighted by Gasteiger charge is -2.16. The van der Waals surface area contributed by atoms with E-state index in [1.54, 1.807) is 19.1 Å². The molecule has 7 heteroatoms. The van der Waals surface area contributed by atoms with Crippen LogP contribution in [-0.4, -0.2) is 5.91 Å². The second-order valence-corrected chi connectivity index (χ2v) is 7.73. The summed E-state index contributed by atoms with van der Waals surface area (Å²) in [5.41, 5.74) is 3.46. The van der Waals surface area contributed by atoms with Gasteiger partial charge in [0.2, 0.25) is 0 Å². The van der Waals surface area contributed by atoms with Crippen LogP contribution < -0.4 is 5.32 Å². The molecule has 0 aliphatic heterocycles. The van der Waals surface area contributed by atoms with Gasteiger partial charge in [0.1, 0.15) is 0 Å². The molecule has 0 fully saturated rings. The van der Waals surface area contributed by atoms with Crippen molar-refractivity contribution >= 4 is 35.8 Å². The van der Waals surface area contributed by atoms with Gasteiger partial charge < -0.3 is 5.32 Å². The Balaban J connectivity index is 1.93. The lowest BCUT2D eigenvalue weighted by atomic mass is 9.90. The van der Waals surface area contributed by atoms with Gasteiger partial charge >= 0.3 is 0 Å². The molecule has 3 rings (SSSR count). The van der Waals surface area contributed by atoms with Crippen LogP contribution in [0.1, 0.15) is 38.5 Å². The summed E-state index contributed by atoms with van der Waals surface area (Å²) in [5, 5.41) is 12.7. The number of nitriles is 1. The molecule has 3 nitrogen and oxygen atoms in total. The normalized spacial score (nSPS) is 11.6. The maximum absolute atomic E-state index is 13.7. The number of carbonyl (C=O) groups excluding carboxylic acids is 1. The summed E-state index contributed by atoms with van der Waals surface area (Å²) in [6.45, 7) is 3.72. The van der Waals surface area contributed by atoms with Crippen LogP contribution in [0.2, 0.25) is 5.02 Å². The minimum absolute atomic E-state index is 0.105. The second kappa shape index (κ2) is 8.86. The Morgan fingerprint density at radius 1 is 1.13 bits per heavy atom. The zero-order chi connectivity index (χ0) is 22.0. The third-order valence-electron chi connectivity index (χ3n) is 4.76. The Morgan fingerprint density at radius 2 is 1.80 bits per heavy atom. The number of anilines is 1. The molecule has 0 aliphatic carbocycles. The zero-order valence-electron chi connectivity index (χ0n) is 16.1. The number of nitrogens with one attached hydrogen (secondary N) is 1. The highest BCUT2D eigenvalue weighted by atomic mass is 35.5. The largest absolute Gasteiger partial charge is 0.322 e. The number of hydrogen-bond acceptors (Lipinski definition) is 3. The number of halogens is 3. The molecule has 1 atom stereocenters. The van der Waals surface area contributed by atoms with Crippen LogP contribution in [0.4, 0.5) is 14.5 Å². The van der Waals surface area contributed by atoms with E-state index in [1.807, 2.05) is 31.2 Å². The van der Waals surface area contributed by atoms with Crippen LogP contribution in [-0.2, 0) is 0 Å². The standard InChI is InChI=1S/C23H17ClF2N2OS/c1-12-3-5-14(6-4-12)17(11-27)16-9-13(2)20(10-18(16)24)28-23(29)15-7-8-19(25)21(26)22(15)30/h3-10,17,30H,1-2H3,(H,28,29). The van der Waals surface area contributed by atoms with Gasteiger partial charge in [0, 0.05) is 10.7 Å². The van der Waals surface area contributed by atoms with E-state index < -0.39 is 23.5 Å². The minimum Gasteiger partial charge on any atom is -0.322 e. The van der Waals surface area contributed by atoms with Gasteiger partial charge in [-0.2, -0.15) is 5.26 Å². The average Bonchev–Trinajstić information content (AvgIpc) is 2.71. The van der Waals surface area contributed by atoms with E-state index in [0.29, 0.717) is 21.8 Å². The van der Waals surface area contributed by atoms with Gasteiger partial charge in [0.25, 0.3) is 5.91 Å². The first-order valence-electron chi connectivity index (χ1n) is 8.97. The lowest BCUT2D eigenvalue weighted by molar-refractivity contribution is 0.102. The van der Waals surface area contributed by atoms with Gasteiger partial charge in [-0.05, 0) is 48.7 Å². The van der Waals surface area contributed by atoms with E-state index in [1.165, 1.54) is 0 Å². The maximum atomic E-state index is 13.7. The number of aryl methyl sites for hydroxylation is 2. The summed E-state index contributed by atoms with van der Waals surface area (Å²) in [6.07, 6.45) is 0. The molecule has 1 amide bonds. The number of carbonyl (C=O) groups is 1. The third kappa shape index (κ3) is 4.33. The molecule has 0 heterocycles. The van der Waals surface area contributed by atoms with Gasteiger partial charge in [-0.25, -0.2) is 8.78 Å². The predicted octanol–water partition coefficient (Wildman–Crippen LogP) is 6.43. The highest BCUT2D eigenvalue weighted by Crippen LogP contribution is 2.34. The van der Waals surface area contributed by atoms with Crippen molar-refractivity contribution < 1.29 is 13.6 Å². The van der Waals surface area contributed by atoms with Gasteiger partial charge in [-0.3, -0.25) is 4.79 Å². The molecule has 1 N–H and O–H groups in total. The molecule has 0 radical (unpaired) electrons. The van der Waals surface area contributed by atoms with Crippen LogP contribution in [0, 0.1) is 36.8 Å². The fraction of sp³-hybridized carbons (Fsp3) is 0.130. The third-order valence-corrected chi connectivity index (χ3v) is 5.52. The number of rotatable bonds is 4. The van der Waals surface area contributed by atoms with E-state index in [-0.39, 0.29) is 10.5 Å². The quantitative estimate of drug-likeness (QED) is 0.457. The fourth-order valence-corrected chi connectivity index (χ4v) is 3.61. The average molecular weight is 443 g/mol. The van der Waals surface area contributed by atoms with Crippen LogP contribution in [0.3, 0.4) is 0 Å². The predicted molar refractivity (Wildman–Crippen MR) is 116 cm³/mol. The van der Waals surface area contributed by atoms with E-state index in [4.69, 9.17) is 11.6 Å². The molecule has 0 saturated carbocycles. The highest BCUT2D eigenvalue weighted by molar-refractivity contribution is 7.80. The van der Waals surface area contributed by atoms with E-state index in [0.717, 1.165) is 23.3 Å². The van der Waals surface area contributed by atoms with Gasteiger partial charge in [-0.15, -0.1) is 12.6 Å². The van der Waals surface area contributed by atoms with Crippen molar-refractivity contribution in [1.29, 1.82) is 5.26 Å².